The highest BCUT2D eigenvalue weighted by Crippen LogP contribution is 2.44. The summed E-state index contributed by atoms with van der Waals surface area (Å²) in [7, 11) is 0. The Morgan fingerprint density at radius 1 is 1.38 bits per heavy atom. The van der Waals surface area contributed by atoms with Crippen LogP contribution < -0.4 is 0 Å². The molecule has 2 aliphatic heterocycles. The molecular weight excluding hydrogens is 182 g/mol. The van der Waals surface area contributed by atoms with Crippen molar-refractivity contribution in [2.45, 2.75) is 19.3 Å². The molecule has 0 aromatic carbocycles. The van der Waals surface area contributed by atoms with Gasteiger partial charge in [0.05, 0.1) is 18.1 Å². The number of hydrogen-bond acceptors (Lipinski definition) is 3. The van der Waals surface area contributed by atoms with Gasteiger partial charge in [-0.05, 0) is 30.8 Å². The molecule has 3 heteroatoms. The maximum absolute atomic E-state index is 9.29. The molecule has 0 spiro atoms. The van der Waals surface area contributed by atoms with Crippen LogP contribution in [0.25, 0.3) is 0 Å². The third-order valence-electron chi connectivity index (χ3n) is 3.32. The van der Waals surface area contributed by atoms with Crippen molar-refractivity contribution < 1.29 is 4.74 Å². The van der Waals surface area contributed by atoms with E-state index in [0.29, 0.717) is 5.92 Å². The Balaban J connectivity index is 2.08. The van der Waals surface area contributed by atoms with Crippen LogP contribution in [0.1, 0.15) is 19.3 Å². The highest BCUT2D eigenvalue weighted by molar-refractivity contribution is 7.99. The summed E-state index contributed by atoms with van der Waals surface area (Å²) in [6.45, 7) is 1.68. The van der Waals surface area contributed by atoms with Crippen molar-refractivity contribution >= 4 is 11.8 Å². The minimum atomic E-state index is -0.0399. The van der Waals surface area contributed by atoms with Crippen molar-refractivity contribution in [2.75, 3.05) is 24.7 Å². The number of nitriles is 1. The van der Waals surface area contributed by atoms with Crippen LogP contribution in [0.4, 0.5) is 0 Å². The molecule has 0 amide bonds. The second-order valence-electron chi connectivity index (χ2n) is 3.94. The van der Waals surface area contributed by atoms with E-state index in [4.69, 9.17) is 4.74 Å². The maximum Gasteiger partial charge on any atom is 0.0694 e. The summed E-state index contributed by atoms with van der Waals surface area (Å²) in [4.78, 5) is 0. The molecular formula is C10H15NOS. The van der Waals surface area contributed by atoms with Crippen molar-refractivity contribution in [1.82, 2.24) is 0 Å². The summed E-state index contributed by atoms with van der Waals surface area (Å²) in [6, 6.07) is 2.57. The zero-order valence-electron chi connectivity index (χ0n) is 7.79. The van der Waals surface area contributed by atoms with Crippen LogP contribution in [-0.2, 0) is 4.74 Å². The van der Waals surface area contributed by atoms with Crippen molar-refractivity contribution in [2.24, 2.45) is 11.3 Å². The summed E-state index contributed by atoms with van der Waals surface area (Å²) in [6.07, 6.45) is 3.24. The van der Waals surface area contributed by atoms with Crippen molar-refractivity contribution in [1.29, 1.82) is 5.26 Å². The van der Waals surface area contributed by atoms with Crippen LogP contribution in [0, 0.1) is 22.7 Å². The molecule has 2 saturated heterocycles. The monoisotopic (exact) mass is 197 g/mol. The Morgan fingerprint density at radius 3 is 2.69 bits per heavy atom. The number of thioether (sulfide) groups is 1. The van der Waals surface area contributed by atoms with Gasteiger partial charge in [-0.1, -0.05) is 0 Å². The molecule has 2 aliphatic rings. The molecule has 0 aromatic rings. The van der Waals surface area contributed by atoms with E-state index in [1.807, 2.05) is 11.8 Å². The Labute approximate surface area is 83.6 Å². The molecule has 1 unspecified atom stereocenters. The fraction of sp³-hybridized carbons (Fsp3) is 0.900. The van der Waals surface area contributed by atoms with Crippen LogP contribution in [0.5, 0.6) is 0 Å². The molecule has 2 nitrogen and oxygen atoms in total. The second kappa shape index (κ2) is 3.89. The van der Waals surface area contributed by atoms with E-state index in [9.17, 15) is 5.26 Å². The molecule has 0 saturated carbocycles. The lowest BCUT2D eigenvalue weighted by atomic mass is 9.72. The number of ether oxygens (including phenoxy) is 1. The number of rotatable bonds is 1. The molecule has 0 bridgehead atoms. The van der Waals surface area contributed by atoms with Gasteiger partial charge >= 0.3 is 0 Å². The maximum atomic E-state index is 9.29. The summed E-state index contributed by atoms with van der Waals surface area (Å²) in [5, 5.41) is 9.29. The predicted octanol–water partition coefficient (Wildman–Crippen LogP) is 2.06. The Bertz CT molecular complexity index is 211. The molecule has 72 valence electrons. The molecule has 0 aliphatic carbocycles. The minimum absolute atomic E-state index is 0.0399. The third kappa shape index (κ3) is 1.70. The summed E-state index contributed by atoms with van der Waals surface area (Å²) >= 11 is 1.98. The average molecular weight is 197 g/mol. The van der Waals surface area contributed by atoms with Gasteiger partial charge in [0.1, 0.15) is 0 Å². The fourth-order valence-corrected chi connectivity index (χ4v) is 3.54. The molecule has 2 heterocycles. The van der Waals surface area contributed by atoms with Gasteiger partial charge < -0.3 is 4.74 Å². The van der Waals surface area contributed by atoms with E-state index in [1.165, 1.54) is 0 Å². The lowest BCUT2D eigenvalue weighted by Crippen LogP contribution is -2.33. The Kier molecular flexibility index (Phi) is 2.80. The first kappa shape index (κ1) is 9.36. The number of hydrogen-bond donors (Lipinski definition) is 0. The smallest absolute Gasteiger partial charge is 0.0694 e. The highest BCUT2D eigenvalue weighted by atomic mass is 32.2. The molecule has 2 rings (SSSR count). The van der Waals surface area contributed by atoms with E-state index >= 15 is 0 Å². The first-order chi connectivity index (χ1) is 6.37. The van der Waals surface area contributed by atoms with Crippen LogP contribution in [0.15, 0.2) is 0 Å². The van der Waals surface area contributed by atoms with Gasteiger partial charge in [0.2, 0.25) is 0 Å². The average Bonchev–Trinajstić information content (AvgIpc) is 2.72. The van der Waals surface area contributed by atoms with E-state index in [0.717, 1.165) is 44.0 Å². The topological polar surface area (TPSA) is 33.0 Å². The Hall–Kier alpha value is -0.200. The minimum Gasteiger partial charge on any atom is -0.381 e. The van der Waals surface area contributed by atoms with Gasteiger partial charge in [-0.3, -0.25) is 0 Å². The highest BCUT2D eigenvalue weighted by Gasteiger charge is 2.41. The quantitative estimate of drug-likeness (QED) is 0.645. The summed E-state index contributed by atoms with van der Waals surface area (Å²) < 4.78 is 5.38. The van der Waals surface area contributed by atoms with Crippen molar-refractivity contribution in [3.63, 3.8) is 0 Å². The SMILES string of the molecule is N#CC1(C2CCOC2)CCSCC1. The van der Waals surface area contributed by atoms with Crippen molar-refractivity contribution in [3.05, 3.63) is 0 Å². The fourth-order valence-electron chi connectivity index (χ4n) is 2.32. The summed E-state index contributed by atoms with van der Waals surface area (Å²) in [5.74, 6) is 2.83. The normalized spacial score (nSPS) is 32.7. The van der Waals surface area contributed by atoms with Crippen molar-refractivity contribution in [3.8, 4) is 6.07 Å². The molecule has 0 N–H and O–H groups in total. The Morgan fingerprint density at radius 2 is 2.15 bits per heavy atom. The first-order valence-corrected chi connectivity index (χ1v) is 6.10. The summed E-state index contributed by atoms with van der Waals surface area (Å²) in [5.41, 5.74) is -0.0399. The molecule has 2 fully saturated rings. The van der Waals surface area contributed by atoms with E-state index < -0.39 is 0 Å². The third-order valence-corrected chi connectivity index (χ3v) is 4.30. The molecule has 13 heavy (non-hydrogen) atoms. The van der Waals surface area contributed by atoms with Crippen LogP contribution >= 0.6 is 11.8 Å². The lowest BCUT2D eigenvalue weighted by Gasteiger charge is -2.34. The van der Waals surface area contributed by atoms with Gasteiger partial charge in [0.25, 0.3) is 0 Å². The number of nitrogens with zero attached hydrogens (tertiary/aromatic N) is 1. The van der Waals surface area contributed by atoms with E-state index in [2.05, 4.69) is 6.07 Å². The van der Waals surface area contributed by atoms with Crippen LogP contribution in [0.2, 0.25) is 0 Å². The standard InChI is InChI=1S/C10H15NOS/c11-8-10(2-5-13-6-3-10)9-1-4-12-7-9/h9H,1-7H2. The van der Waals surface area contributed by atoms with Gasteiger partial charge in [-0.15, -0.1) is 0 Å². The van der Waals surface area contributed by atoms with E-state index in [-0.39, 0.29) is 5.41 Å². The van der Waals surface area contributed by atoms with Gasteiger partial charge in [-0.2, -0.15) is 17.0 Å². The van der Waals surface area contributed by atoms with Gasteiger partial charge in [0, 0.05) is 12.5 Å². The predicted molar refractivity (Wildman–Crippen MR) is 53.5 cm³/mol. The van der Waals surface area contributed by atoms with Crippen LogP contribution in [-0.4, -0.2) is 24.7 Å². The molecule has 1 atom stereocenters. The van der Waals surface area contributed by atoms with Gasteiger partial charge in [0.15, 0.2) is 0 Å². The van der Waals surface area contributed by atoms with Crippen LogP contribution in [0.3, 0.4) is 0 Å². The molecule has 0 radical (unpaired) electrons. The van der Waals surface area contributed by atoms with E-state index in [1.54, 1.807) is 0 Å². The zero-order valence-corrected chi connectivity index (χ0v) is 8.61. The molecule has 0 aromatic heterocycles. The lowest BCUT2D eigenvalue weighted by molar-refractivity contribution is 0.146. The largest absolute Gasteiger partial charge is 0.381 e. The first-order valence-electron chi connectivity index (χ1n) is 4.94. The van der Waals surface area contributed by atoms with Gasteiger partial charge in [-0.25, -0.2) is 0 Å². The zero-order chi connectivity index (χ0) is 9.15. The second-order valence-corrected chi connectivity index (χ2v) is 5.17.